The molecule has 1 saturated carbocycles. The first-order chi connectivity index (χ1) is 20.2. The first-order valence-electron chi connectivity index (χ1n) is 14.7. The highest BCUT2D eigenvalue weighted by molar-refractivity contribution is 6.32. The van der Waals surface area contributed by atoms with Crippen molar-refractivity contribution < 1.29 is 19.1 Å². The minimum atomic E-state index is -0.233. The Morgan fingerprint density at radius 1 is 1.12 bits per heavy atom. The van der Waals surface area contributed by atoms with E-state index in [2.05, 4.69) is 26.3 Å². The molecule has 1 aromatic rings. The van der Waals surface area contributed by atoms with Gasteiger partial charge in [-0.1, -0.05) is 24.4 Å². The van der Waals surface area contributed by atoms with Gasteiger partial charge in [-0.3, -0.25) is 14.4 Å². The third-order valence-electron chi connectivity index (χ3n) is 7.80. The number of rotatable bonds is 10. The molecule has 1 saturated heterocycles. The van der Waals surface area contributed by atoms with Gasteiger partial charge in [0.05, 0.1) is 16.3 Å². The Labute approximate surface area is 252 Å². The van der Waals surface area contributed by atoms with E-state index in [-0.39, 0.29) is 29.7 Å². The van der Waals surface area contributed by atoms with Crippen LogP contribution in [0.1, 0.15) is 51.9 Å². The number of hydrogen-bond donors (Lipinski definition) is 5. The molecule has 1 aliphatic carbocycles. The number of nitrogens with zero attached hydrogens (tertiary/aromatic N) is 2. The van der Waals surface area contributed by atoms with Gasteiger partial charge in [-0.05, 0) is 43.5 Å². The molecule has 42 heavy (non-hydrogen) atoms. The van der Waals surface area contributed by atoms with Crippen molar-refractivity contribution >= 4 is 40.8 Å². The van der Waals surface area contributed by atoms with Gasteiger partial charge in [0, 0.05) is 71.0 Å². The van der Waals surface area contributed by atoms with Crippen molar-refractivity contribution in [2.75, 3.05) is 39.8 Å². The van der Waals surface area contributed by atoms with Gasteiger partial charge in [-0.25, -0.2) is 4.99 Å². The average Bonchev–Trinajstić information content (AvgIpc) is 3.43. The van der Waals surface area contributed by atoms with E-state index >= 15 is 0 Å². The van der Waals surface area contributed by atoms with Crippen LogP contribution in [0.4, 0.5) is 5.69 Å². The lowest BCUT2D eigenvalue weighted by atomic mass is 10.0. The topological polar surface area (TPSA) is 150 Å². The van der Waals surface area contributed by atoms with Crippen LogP contribution in [0.3, 0.4) is 0 Å². The Morgan fingerprint density at radius 2 is 1.83 bits per heavy atom. The van der Waals surface area contributed by atoms with Crippen LogP contribution in [0.5, 0.6) is 5.75 Å². The van der Waals surface area contributed by atoms with Gasteiger partial charge >= 0.3 is 0 Å². The van der Waals surface area contributed by atoms with Gasteiger partial charge in [0.25, 0.3) is 0 Å². The summed E-state index contributed by atoms with van der Waals surface area (Å²) >= 11 is 6.58. The Bertz CT molecular complexity index is 1250. The van der Waals surface area contributed by atoms with Gasteiger partial charge in [0.1, 0.15) is 23.5 Å². The van der Waals surface area contributed by atoms with E-state index in [9.17, 15) is 14.4 Å². The highest BCUT2D eigenvalue weighted by Crippen LogP contribution is 2.32. The first-order valence-corrected chi connectivity index (χ1v) is 15.1. The number of piperidine rings is 1. The molecule has 11 nitrogen and oxygen atoms in total. The molecule has 228 valence electrons. The monoisotopic (exact) mass is 599 g/mol. The summed E-state index contributed by atoms with van der Waals surface area (Å²) in [5.74, 6) is 1.55. The standard InChI is InChI=1S/C30H42ClN7O4/c1-19(39)34-13-14-36-29(40)21-9-12-35-28(33-2)24(17-21)27(32)37-22-7-8-26(25(31)18-22)42-23-10-15-38(16-11-23)30(41)20-5-3-4-6-20/h7-8,17-18,20,23,33,35H,3-6,9-16H2,1-2H3,(H2,32,37)(H,34,39)(H,36,40). The summed E-state index contributed by atoms with van der Waals surface area (Å²) in [5.41, 5.74) is 8.08. The van der Waals surface area contributed by atoms with Crippen LogP contribution in [-0.4, -0.2) is 74.3 Å². The third kappa shape index (κ3) is 8.40. The Balaban J connectivity index is 1.39. The van der Waals surface area contributed by atoms with E-state index in [1.165, 1.54) is 6.92 Å². The highest BCUT2D eigenvalue weighted by Gasteiger charge is 2.30. The summed E-state index contributed by atoms with van der Waals surface area (Å²) in [4.78, 5) is 43.1. The number of nitrogens with one attached hydrogen (secondary N) is 4. The third-order valence-corrected chi connectivity index (χ3v) is 8.10. The van der Waals surface area contributed by atoms with Gasteiger partial charge in [-0.2, -0.15) is 0 Å². The van der Waals surface area contributed by atoms with Crippen molar-refractivity contribution in [2.24, 2.45) is 16.6 Å². The number of halogens is 1. The maximum Gasteiger partial charge on any atom is 0.247 e. The molecule has 0 atom stereocenters. The van der Waals surface area contributed by atoms with Crippen LogP contribution in [0.15, 0.2) is 46.2 Å². The van der Waals surface area contributed by atoms with Crippen molar-refractivity contribution in [1.82, 2.24) is 26.2 Å². The van der Waals surface area contributed by atoms with Crippen LogP contribution in [0.25, 0.3) is 0 Å². The number of benzene rings is 1. The van der Waals surface area contributed by atoms with Crippen molar-refractivity contribution in [2.45, 2.75) is 58.0 Å². The molecule has 12 heteroatoms. The van der Waals surface area contributed by atoms with E-state index in [0.29, 0.717) is 78.5 Å². The van der Waals surface area contributed by atoms with Gasteiger partial charge in [0.15, 0.2) is 0 Å². The van der Waals surface area contributed by atoms with Crippen molar-refractivity contribution in [1.29, 1.82) is 0 Å². The van der Waals surface area contributed by atoms with E-state index in [1.807, 2.05) is 4.90 Å². The fraction of sp³-hybridized carbons (Fsp3) is 0.533. The molecule has 4 rings (SSSR count). The van der Waals surface area contributed by atoms with Gasteiger partial charge in [-0.15, -0.1) is 0 Å². The lowest BCUT2D eigenvalue weighted by molar-refractivity contribution is -0.137. The predicted molar refractivity (Wildman–Crippen MR) is 163 cm³/mol. The van der Waals surface area contributed by atoms with Crippen LogP contribution in [0, 0.1) is 5.92 Å². The number of ether oxygens (including phenoxy) is 1. The van der Waals surface area contributed by atoms with E-state index in [0.717, 1.165) is 38.5 Å². The molecular weight excluding hydrogens is 558 g/mol. The fourth-order valence-electron chi connectivity index (χ4n) is 5.53. The Hall–Kier alpha value is -3.73. The minimum absolute atomic E-state index is 0.0112. The average molecular weight is 600 g/mol. The zero-order chi connectivity index (χ0) is 30.1. The molecule has 1 aromatic carbocycles. The zero-order valence-electron chi connectivity index (χ0n) is 24.4. The van der Waals surface area contributed by atoms with Crippen LogP contribution < -0.4 is 31.7 Å². The Morgan fingerprint density at radius 3 is 2.50 bits per heavy atom. The van der Waals surface area contributed by atoms with Crippen LogP contribution >= 0.6 is 11.6 Å². The zero-order valence-corrected chi connectivity index (χ0v) is 25.2. The molecule has 2 aliphatic heterocycles. The number of hydrogen-bond acceptors (Lipinski definition) is 7. The molecule has 0 radical (unpaired) electrons. The summed E-state index contributed by atoms with van der Waals surface area (Å²) in [7, 11) is 1.76. The number of likely N-dealkylation sites (tertiary alicyclic amines) is 1. The summed E-state index contributed by atoms with van der Waals surface area (Å²) in [5, 5.41) is 12.2. The van der Waals surface area contributed by atoms with E-state index in [1.54, 1.807) is 31.3 Å². The number of carbonyl (C=O) groups excluding carboxylic acids is 3. The lowest BCUT2D eigenvalue weighted by Gasteiger charge is -2.33. The normalized spacial score (nSPS) is 18.6. The van der Waals surface area contributed by atoms with Crippen molar-refractivity contribution in [3.63, 3.8) is 0 Å². The maximum absolute atomic E-state index is 12.8. The largest absolute Gasteiger partial charge is 0.489 e. The van der Waals surface area contributed by atoms with Gasteiger partial charge in [0.2, 0.25) is 17.7 Å². The van der Waals surface area contributed by atoms with E-state index < -0.39 is 0 Å². The number of nitrogens with two attached hydrogens (primary N) is 1. The highest BCUT2D eigenvalue weighted by atomic mass is 35.5. The molecule has 6 N–H and O–H groups in total. The molecule has 0 spiro atoms. The molecule has 0 bridgehead atoms. The Kier molecular flexibility index (Phi) is 11.1. The number of amides is 3. The second kappa shape index (κ2) is 14.9. The molecule has 2 fully saturated rings. The van der Waals surface area contributed by atoms with Gasteiger partial charge < -0.3 is 36.6 Å². The second-order valence-electron chi connectivity index (χ2n) is 10.9. The predicted octanol–water partition coefficient (Wildman–Crippen LogP) is 2.49. The van der Waals surface area contributed by atoms with Crippen LogP contribution in [-0.2, 0) is 14.4 Å². The molecule has 0 unspecified atom stereocenters. The lowest BCUT2D eigenvalue weighted by Crippen LogP contribution is -2.44. The minimum Gasteiger partial charge on any atom is -0.489 e. The first kappa shape index (κ1) is 31.2. The molecular formula is C30H42ClN7O4. The summed E-state index contributed by atoms with van der Waals surface area (Å²) in [6.45, 7) is 4.03. The smallest absolute Gasteiger partial charge is 0.247 e. The fourth-order valence-corrected chi connectivity index (χ4v) is 5.75. The molecule has 3 aliphatic rings. The molecule has 0 aromatic heterocycles. The SMILES string of the molecule is CNC1=C(C(N)=Nc2ccc(OC3CCN(C(=O)C4CCCC4)CC3)c(Cl)c2)C=C(C(=O)NCCNC(C)=O)CCN1. The number of carbonyl (C=O) groups is 3. The molecule has 2 heterocycles. The molecule has 3 amide bonds. The number of aliphatic imine (C=N–C) groups is 1. The number of amidine groups is 1. The summed E-state index contributed by atoms with van der Waals surface area (Å²) in [6.07, 6.45) is 8.08. The second-order valence-corrected chi connectivity index (χ2v) is 11.3. The summed E-state index contributed by atoms with van der Waals surface area (Å²) in [6, 6.07) is 5.27. The maximum atomic E-state index is 12.8. The van der Waals surface area contributed by atoms with E-state index in [4.69, 9.17) is 22.1 Å². The summed E-state index contributed by atoms with van der Waals surface area (Å²) < 4.78 is 6.20. The quantitative estimate of drug-likeness (QED) is 0.157. The van der Waals surface area contributed by atoms with Crippen molar-refractivity contribution in [3.05, 3.63) is 46.3 Å². The van der Waals surface area contributed by atoms with Crippen LogP contribution in [0.2, 0.25) is 5.02 Å². The van der Waals surface area contributed by atoms with Crippen molar-refractivity contribution in [3.8, 4) is 5.75 Å².